The average Bonchev–Trinajstić information content (AvgIpc) is 3.46. The van der Waals surface area contributed by atoms with Gasteiger partial charge >= 0.3 is 0 Å². The van der Waals surface area contributed by atoms with Gasteiger partial charge in [-0.3, -0.25) is 19.0 Å². The van der Waals surface area contributed by atoms with Crippen molar-refractivity contribution < 1.29 is 9.59 Å². The third-order valence-corrected chi connectivity index (χ3v) is 7.74. The summed E-state index contributed by atoms with van der Waals surface area (Å²) in [6.07, 6.45) is 4.92. The third kappa shape index (κ3) is 4.93. The number of anilines is 1. The summed E-state index contributed by atoms with van der Waals surface area (Å²) < 4.78 is 1.77. The van der Waals surface area contributed by atoms with E-state index in [9.17, 15) is 14.4 Å². The molecule has 2 aliphatic rings. The van der Waals surface area contributed by atoms with Gasteiger partial charge in [-0.05, 0) is 50.7 Å². The predicted molar refractivity (Wildman–Crippen MR) is 136 cm³/mol. The maximum atomic E-state index is 13.1. The van der Waals surface area contributed by atoms with Crippen molar-refractivity contribution in [1.29, 1.82) is 0 Å². The van der Waals surface area contributed by atoms with Crippen LogP contribution < -0.4 is 21.1 Å². The summed E-state index contributed by atoms with van der Waals surface area (Å²) >= 11 is 1.28. The van der Waals surface area contributed by atoms with Crippen molar-refractivity contribution in [3.05, 3.63) is 52.1 Å². The van der Waals surface area contributed by atoms with Crippen LogP contribution in [0.4, 0.5) is 5.13 Å². The summed E-state index contributed by atoms with van der Waals surface area (Å²) in [6.45, 7) is 5.17. The second kappa shape index (κ2) is 9.77. The molecule has 9 nitrogen and oxygen atoms in total. The quantitative estimate of drug-likeness (QED) is 0.545. The molecule has 0 spiro atoms. The molecule has 3 heterocycles. The molecular weight excluding hydrogens is 464 g/mol. The minimum absolute atomic E-state index is 0.0268. The smallest absolute Gasteiger partial charge is 0.273 e. The van der Waals surface area contributed by atoms with Gasteiger partial charge in [-0.1, -0.05) is 35.6 Å². The number of aromatic nitrogens is 3. The standard InChI is InChI=1S/C25H30N6O3S/c1-15(2)27-23(33)17-7-5-11-30(12-17)25-29-22-21(35-25)24(34)31(14-26-22)13-20(32)28-19-10-9-16-6-3-4-8-18(16)19/h3-4,6,8,14-15,17,19H,5,7,9-13H2,1-2H3,(H,27,33)(H,28,32)/t17-,19+/m0/s1. The lowest BCUT2D eigenvalue weighted by Crippen LogP contribution is -2.44. The number of piperidine rings is 1. The molecule has 0 bridgehead atoms. The number of benzene rings is 1. The second-order valence-corrected chi connectivity index (χ2v) is 10.6. The molecule has 1 saturated heterocycles. The molecule has 2 atom stereocenters. The van der Waals surface area contributed by atoms with Crippen LogP contribution in [-0.2, 0) is 22.6 Å². The fraction of sp³-hybridized carbons (Fsp3) is 0.480. The van der Waals surface area contributed by atoms with Crippen molar-refractivity contribution in [3.63, 3.8) is 0 Å². The van der Waals surface area contributed by atoms with Crippen LogP contribution in [-0.4, -0.2) is 45.5 Å². The van der Waals surface area contributed by atoms with Crippen LogP contribution in [0.2, 0.25) is 0 Å². The molecule has 0 saturated carbocycles. The number of carbonyl (C=O) groups is 2. The number of carbonyl (C=O) groups excluding carboxylic acids is 2. The highest BCUT2D eigenvalue weighted by Crippen LogP contribution is 2.31. The molecule has 184 valence electrons. The van der Waals surface area contributed by atoms with E-state index >= 15 is 0 Å². The highest BCUT2D eigenvalue weighted by molar-refractivity contribution is 7.22. The van der Waals surface area contributed by atoms with Crippen LogP contribution in [0.1, 0.15) is 50.3 Å². The summed E-state index contributed by atoms with van der Waals surface area (Å²) in [5.74, 6) is -0.260. The van der Waals surface area contributed by atoms with Crippen molar-refractivity contribution in [1.82, 2.24) is 25.2 Å². The van der Waals surface area contributed by atoms with Gasteiger partial charge in [-0.15, -0.1) is 0 Å². The first-order chi connectivity index (χ1) is 16.9. The van der Waals surface area contributed by atoms with Crippen molar-refractivity contribution in [3.8, 4) is 0 Å². The van der Waals surface area contributed by atoms with Gasteiger partial charge in [0.15, 0.2) is 10.8 Å². The first kappa shape index (κ1) is 23.5. The highest BCUT2D eigenvalue weighted by atomic mass is 32.1. The number of thiazole rings is 1. The van der Waals surface area contributed by atoms with Crippen molar-refractivity contribution in [2.75, 3.05) is 18.0 Å². The maximum absolute atomic E-state index is 13.1. The molecule has 2 N–H and O–H groups in total. The lowest BCUT2D eigenvalue weighted by molar-refractivity contribution is -0.125. The van der Waals surface area contributed by atoms with Gasteiger partial charge in [0.2, 0.25) is 11.8 Å². The molecule has 2 aromatic heterocycles. The van der Waals surface area contributed by atoms with Crippen molar-refractivity contribution in [2.24, 2.45) is 5.92 Å². The third-order valence-electron chi connectivity index (χ3n) is 6.65. The van der Waals surface area contributed by atoms with Crippen LogP contribution in [0.3, 0.4) is 0 Å². The number of rotatable bonds is 6. The van der Waals surface area contributed by atoms with E-state index in [0.717, 1.165) is 37.8 Å². The van der Waals surface area contributed by atoms with E-state index in [4.69, 9.17) is 0 Å². The first-order valence-corrected chi connectivity index (χ1v) is 13.0. The summed E-state index contributed by atoms with van der Waals surface area (Å²) in [4.78, 5) is 49.3. The van der Waals surface area contributed by atoms with Crippen LogP contribution in [0.25, 0.3) is 10.3 Å². The number of aryl methyl sites for hydroxylation is 1. The number of hydrogen-bond acceptors (Lipinski definition) is 7. The van der Waals surface area contributed by atoms with Crippen LogP contribution in [0.5, 0.6) is 0 Å². The van der Waals surface area contributed by atoms with Crippen LogP contribution in [0.15, 0.2) is 35.4 Å². The average molecular weight is 495 g/mol. The molecule has 35 heavy (non-hydrogen) atoms. The van der Waals surface area contributed by atoms with E-state index in [2.05, 4.69) is 31.6 Å². The molecule has 1 fully saturated rings. The van der Waals surface area contributed by atoms with E-state index in [1.807, 2.05) is 32.0 Å². The summed E-state index contributed by atoms with van der Waals surface area (Å²) in [7, 11) is 0. The van der Waals surface area contributed by atoms with Gasteiger partial charge in [-0.25, -0.2) is 4.98 Å². The predicted octanol–water partition coefficient (Wildman–Crippen LogP) is 2.40. The molecule has 2 amide bonds. The number of nitrogens with zero attached hydrogens (tertiary/aromatic N) is 4. The van der Waals surface area contributed by atoms with Gasteiger partial charge in [0.1, 0.15) is 17.6 Å². The molecule has 1 aromatic carbocycles. The Bertz CT molecular complexity index is 1320. The number of fused-ring (bicyclic) bond motifs is 2. The Morgan fingerprint density at radius 3 is 2.89 bits per heavy atom. The molecule has 0 unspecified atom stereocenters. The molecule has 5 rings (SSSR count). The molecule has 10 heteroatoms. The first-order valence-electron chi connectivity index (χ1n) is 12.2. The lowest BCUT2D eigenvalue weighted by Gasteiger charge is -2.32. The second-order valence-electron chi connectivity index (χ2n) is 9.63. The lowest BCUT2D eigenvalue weighted by atomic mass is 9.97. The Hall–Kier alpha value is -3.27. The van der Waals surface area contributed by atoms with Gasteiger partial charge in [0.25, 0.3) is 5.56 Å². The topological polar surface area (TPSA) is 109 Å². The van der Waals surface area contributed by atoms with E-state index in [0.29, 0.717) is 22.0 Å². The van der Waals surface area contributed by atoms with Crippen LogP contribution >= 0.6 is 11.3 Å². The molecule has 0 radical (unpaired) electrons. The Morgan fingerprint density at radius 1 is 1.23 bits per heavy atom. The Morgan fingerprint density at radius 2 is 2.06 bits per heavy atom. The van der Waals surface area contributed by atoms with E-state index < -0.39 is 0 Å². The minimum Gasteiger partial charge on any atom is -0.354 e. The fourth-order valence-electron chi connectivity index (χ4n) is 4.95. The van der Waals surface area contributed by atoms with Crippen molar-refractivity contribution >= 4 is 38.6 Å². The highest BCUT2D eigenvalue weighted by Gasteiger charge is 2.28. The van der Waals surface area contributed by atoms with E-state index in [-0.39, 0.29) is 41.9 Å². The summed E-state index contributed by atoms with van der Waals surface area (Å²) in [5, 5.41) is 6.74. The Balaban J connectivity index is 1.29. The Kier molecular flexibility index (Phi) is 6.55. The van der Waals surface area contributed by atoms with Gasteiger partial charge in [0.05, 0.1) is 12.0 Å². The molecule has 3 aromatic rings. The van der Waals surface area contributed by atoms with Crippen molar-refractivity contribution in [2.45, 2.75) is 58.2 Å². The molecule has 1 aliphatic carbocycles. The van der Waals surface area contributed by atoms with E-state index in [1.165, 1.54) is 27.8 Å². The summed E-state index contributed by atoms with van der Waals surface area (Å²) in [6, 6.07) is 8.20. The monoisotopic (exact) mass is 494 g/mol. The zero-order chi connectivity index (χ0) is 24.5. The molecule has 1 aliphatic heterocycles. The van der Waals surface area contributed by atoms with Gasteiger partial charge < -0.3 is 15.5 Å². The largest absolute Gasteiger partial charge is 0.354 e. The SMILES string of the molecule is CC(C)NC(=O)[C@H]1CCCN(c2nc3ncn(CC(=O)N[C@@H]4CCc5ccccc54)c(=O)c3s2)C1. The van der Waals surface area contributed by atoms with Crippen LogP contribution in [0, 0.1) is 5.92 Å². The minimum atomic E-state index is -0.271. The zero-order valence-corrected chi connectivity index (χ0v) is 20.8. The number of hydrogen-bond donors (Lipinski definition) is 2. The summed E-state index contributed by atoms with van der Waals surface area (Å²) in [5.41, 5.74) is 2.52. The number of amides is 2. The van der Waals surface area contributed by atoms with Gasteiger partial charge in [0, 0.05) is 19.1 Å². The fourth-order valence-corrected chi connectivity index (χ4v) is 5.96. The Labute approximate surface area is 207 Å². The maximum Gasteiger partial charge on any atom is 0.273 e. The van der Waals surface area contributed by atoms with Gasteiger partial charge in [-0.2, -0.15) is 4.98 Å². The number of nitrogens with one attached hydrogen (secondary N) is 2. The molecular formula is C25H30N6O3S. The normalized spacial score (nSPS) is 19.7. The zero-order valence-electron chi connectivity index (χ0n) is 20.0. The van der Waals surface area contributed by atoms with E-state index in [1.54, 1.807) is 0 Å².